The molecule has 1 amide bonds. The first kappa shape index (κ1) is 21.1. The molecule has 1 saturated heterocycles. The van der Waals surface area contributed by atoms with Gasteiger partial charge in [0.1, 0.15) is 5.82 Å². The van der Waals surface area contributed by atoms with Crippen LogP contribution in [0.5, 0.6) is 0 Å². The second-order valence-electron chi connectivity index (χ2n) is 7.24. The number of hydrogen-bond donors (Lipinski definition) is 1. The summed E-state index contributed by atoms with van der Waals surface area (Å²) in [5.41, 5.74) is 0.197. The fourth-order valence-corrected chi connectivity index (χ4v) is 3.55. The van der Waals surface area contributed by atoms with Crippen LogP contribution in [0.4, 0.5) is 5.82 Å². The predicted octanol–water partition coefficient (Wildman–Crippen LogP) is 2.16. The molecule has 1 aliphatic heterocycles. The van der Waals surface area contributed by atoms with Crippen LogP contribution in [0.1, 0.15) is 20.8 Å². The Bertz CT molecular complexity index is 822. The van der Waals surface area contributed by atoms with Crippen LogP contribution in [0.2, 0.25) is 0 Å². The average molecular weight is 427 g/mol. The van der Waals surface area contributed by atoms with E-state index in [0.717, 1.165) is 40.9 Å². The van der Waals surface area contributed by atoms with Gasteiger partial charge in [0.2, 0.25) is 5.91 Å². The van der Waals surface area contributed by atoms with E-state index >= 15 is 0 Å². The van der Waals surface area contributed by atoms with E-state index in [1.807, 2.05) is 24.7 Å². The molecule has 0 spiro atoms. The molecule has 0 unspecified atom stereocenters. The number of morpholine rings is 1. The molecule has 2 aromatic heterocycles. The zero-order valence-electron chi connectivity index (χ0n) is 16.6. The number of anilines is 1. The summed E-state index contributed by atoms with van der Waals surface area (Å²) in [5.74, 6) is 2.01. The highest BCUT2D eigenvalue weighted by molar-refractivity contribution is 7.99. The number of alkyl halides is 1. The van der Waals surface area contributed by atoms with Crippen molar-refractivity contribution in [1.29, 1.82) is 0 Å². The van der Waals surface area contributed by atoms with Crippen LogP contribution in [0, 0.1) is 5.41 Å². The quantitative estimate of drug-likeness (QED) is 0.393. The summed E-state index contributed by atoms with van der Waals surface area (Å²) < 4.78 is 7.30. The maximum atomic E-state index is 12.2. The van der Waals surface area contributed by atoms with Gasteiger partial charge < -0.3 is 15.0 Å². The van der Waals surface area contributed by atoms with E-state index in [0.29, 0.717) is 26.3 Å². The molecule has 3 heterocycles. The molecule has 3 rings (SSSR count). The molecule has 1 aliphatic rings. The summed E-state index contributed by atoms with van der Waals surface area (Å²) in [4.78, 5) is 23.9. The molecule has 0 saturated carbocycles. The molecule has 1 N–H and O–H groups in total. The van der Waals surface area contributed by atoms with E-state index in [2.05, 4.69) is 22.2 Å². The molecule has 28 heavy (non-hydrogen) atoms. The van der Waals surface area contributed by atoms with E-state index in [4.69, 9.17) is 26.3 Å². The number of carbonyl (C=O) groups is 1. The summed E-state index contributed by atoms with van der Waals surface area (Å²) in [6.07, 6.45) is 1.81. The number of hydrogen-bond acceptors (Lipinski definition) is 7. The maximum Gasteiger partial charge on any atom is 0.226 e. The number of thioether (sulfide) groups is 1. The number of amides is 1. The number of rotatable bonds is 8. The maximum absolute atomic E-state index is 12.2. The van der Waals surface area contributed by atoms with E-state index in [-0.39, 0.29) is 11.8 Å². The standard InChI is InChI=1S/C18H27ClN6O2S/c1-4-28-17-22-14(24-7-9-27-10-8-24)13-11-21-25(15(13)23-17)6-5-20-16(26)18(2,3)12-19/h11H,4-10,12H2,1-3H3,(H,20,26). The SMILES string of the molecule is CCSc1nc(N2CCOCC2)c2cnn(CCNC(=O)C(C)(C)CCl)c2n1. The second-order valence-corrected chi connectivity index (χ2v) is 8.74. The van der Waals surface area contributed by atoms with Crippen LogP contribution in [0.25, 0.3) is 11.0 Å². The monoisotopic (exact) mass is 426 g/mol. The van der Waals surface area contributed by atoms with Crippen molar-refractivity contribution in [3.8, 4) is 0 Å². The minimum absolute atomic E-state index is 0.0650. The molecule has 2 aromatic rings. The third kappa shape index (κ3) is 4.69. The van der Waals surface area contributed by atoms with E-state index in [9.17, 15) is 4.79 Å². The minimum atomic E-state index is -0.593. The first-order valence-corrected chi connectivity index (χ1v) is 11.0. The lowest BCUT2D eigenvalue weighted by Crippen LogP contribution is -2.39. The molecule has 8 nitrogen and oxygen atoms in total. The Kier molecular flexibility index (Phi) is 7.00. The Morgan fingerprint density at radius 1 is 1.36 bits per heavy atom. The molecule has 0 radical (unpaired) electrons. The zero-order valence-corrected chi connectivity index (χ0v) is 18.1. The normalized spacial score (nSPS) is 15.2. The Morgan fingerprint density at radius 3 is 2.79 bits per heavy atom. The number of halogens is 1. The van der Waals surface area contributed by atoms with Gasteiger partial charge in [-0.25, -0.2) is 14.6 Å². The molecule has 1 fully saturated rings. The molecular formula is C18H27ClN6O2S. The average Bonchev–Trinajstić information content (AvgIpc) is 3.11. The topological polar surface area (TPSA) is 85.2 Å². The van der Waals surface area contributed by atoms with Crippen LogP contribution in [-0.2, 0) is 16.1 Å². The van der Waals surface area contributed by atoms with Crippen molar-refractivity contribution in [3.05, 3.63) is 6.20 Å². The van der Waals surface area contributed by atoms with Crippen LogP contribution in [0.3, 0.4) is 0 Å². The first-order chi connectivity index (χ1) is 13.5. The van der Waals surface area contributed by atoms with Crippen molar-refractivity contribution in [3.63, 3.8) is 0 Å². The fraction of sp³-hybridized carbons (Fsp3) is 0.667. The van der Waals surface area contributed by atoms with Gasteiger partial charge in [-0.2, -0.15) is 5.10 Å². The minimum Gasteiger partial charge on any atom is -0.378 e. The summed E-state index contributed by atoms with van der Waals surface area (Å²) in [7, 11) is 0. The van der Waals surface area contributed by atoms with Gasteiger partial charge in [0.15, 0.2) is 10.8 Å². The van der Waals surface area contributed by atoms with Crippen molar-refractivity contribution in [1.82, 2.24) is 25.1 Å². The van der Waals surface area contributed by atoms with Crippen molar-refractivity contribution in [2.45, 2.75) is 32.5 Å². The second kappa shape index (κ2) is 9.28. The zero-order chi connectivity index (χ0) is 20.1. The van der Waals surface area contributed by atoms with E-state index in [1.54, 1.807) is 11.8 Å². The van der Waals surface area contributed by atoms with Crippen LogP contribution >= 0.6 is 23.4 Å². The van der Waals surface area contributed by atoms with Crippen molar-refractivity contribution in [2.75, 3.05) is 49.4 Å². The van der Waals surface area contributed by atoms with Gasteiger partial charge in [0, 0.05) is 25.5 Å². The Balaban J connectivity index is 1.81. The Hall–Kier alpha value is -1.58. The number of nitrogens with zero attached hydrogens (tertiary/aromatic N) is 5. The lowest BCUT2D eigenvalue weighted by atomic mass is 9.95. The number of ether oxygens (including phenoxy) is 1. The van der Waals surface area contributed by atoms with Gasteiger partial charge in [-0.15, -0.1) is 11.6 Å². The largest absolute Gasteiger partial charge is 0.378 e. The van der Waals surface area contributed by atoms with Gasteiger partial charge in [-0.3, -0.25) is 4.79 Å². The lowest BCUT2D eigenvalue weighted by Gasteiger charge is -2.28. The van der Waals surface area contributed by atoms with E-state index < -0.39 is 5.41 Å². The van der Waals surface area contributed by atoms with Gasteiger partial charge >= 0.3 is 0 Å². The highest BCUT2D eigenvalue weighted by Gasteiger charge is 2.26. The van der Waals surface area contributed by atoms with Gasteiger partial charge in [-0.1, -0.05) is 18.7 Å². The summed E-state index contributed by atoms with van der Waals surface area (Å²) >= 11 is 7.48. The molecule has 0 aromatic carbocycles. The highest BCUT2D eigenvalue weighted by atomic mass is 35.5. The predicted molar refractivity (Wildman–Crippen MR) is 112 cm³/mol. The van der Waals surface area contributed by atoms with Gasteiger partial charge in [0.25, 0.3) is 0 Å². The van der Waals surface area contributed by atoms with Crippen LogP contribution in [-0.4, -0.2) is 70.1 Å². The van der Waals surface area contributed by atoms with E-state index in [1.165, 1.54) is 0 Å². The third-order valence-corrected chi connectivity index (χ3v) is 6.00. The van der Waals surface area contributed by atoms with Crippen molar-refractivity contribution >= 4 is 46.1 Å². The number of aromatic nitrogens is 4. The molecule has 0 atom stereocenters. The number of carbonyl (C=O) groups excluding carboxylic acids is 1. The summed E-state index contributed by atoms with van der Waals surface area (Å²) in [6, 6.07) is 0. The Morgan fingerprint density at radius 2 is 2.11 bits per heavy atom. The molecule has 0 bridgehead atoms. The van der Waals surface area contributed by atoms with Crippen molar-refractivity contribution in [2.24, 2.45) is 5.41 Å². The smallest absolute Gasteiger partial charge is 0.226 e. The summed E-state index contributed by atoms with van der Waals surface area (Å²) in [6.45, 7) is 9.72. The van der Waals surface area contributed by atoms with Gasteiger partial charge in [0.05, 0.1) is 36.8 Å². The molecule has 10 heteroatoms. The molecule has 154 valence electrons. The lowest BCUT2D eigenvalue weighted by molar-refractivity contribution is -0.128. The molecule has 0 aliphatic carbocycles. The number of nitrogens with one attached hydrogen (secondary N) is 1. The van der Waals surface area contributed by atoms with Gasteiger partial charge in [-0.05, 0) is 19.6 Å². The fourth-order valence-electron chi connectivity index (χ4n) is 2.87. The van der Waals surface area contributed by atoms with Crippen LogP contribution in [0.15, 0.2) is 11.4 Å². The van der Waals surface area contributed by atoms with Crippen molar-refractivity contribution < 1.29 is 9.53 Å². The van der Waals surface area contributed by atoms with Crippen LogP contribution < -0.4 is 10.2 Å². The summed E-state index contributed by atoms with van der Waals surface area (Å²) in [5, 5.41) is 9.10. The highest BCUT2D eigenvalue weighted by Crippen LogP contribution is 2.27. The third-order valence-electron chi connectivity index (χ3n) is 4.60. The first-order valence-electron chi connectivity index (χ1n) is 9.49. The Labute approximate surface area is 174 Å². The molecular weight excluding hydrogens is 400 g/mol. The number of fused-ring (bicyclic) bond motifs is 1.